The van der Waals surface area contributed by atoms with Gasteiger partial charge in [-0.05, 0) is 31.5 Å². The zero-order valence-electron chi connectivity index (χ0n) is 17.2. The lowest BCUT2D eigenvalue weighted by Crippen LogP contribution is -3.11. The van der Waals surface area contributed by atoms with Crippen molar-refractivity contribution in [3.63, 3.8) is 0 Å². The van der Waals surface area contributed by atoms with E-state index in [-0.39, 0.29) is 24.9 Å². The first-order valence-corrected chi connectivity index (χ1v) is 9.80. The van der Waals surface area contributed by atoms with E-state index in [9.17, 15) is 14.4 Å². The Morgan fingerprint density at radius 1 is 1.07 bits per heavy atom. The highest BCUT2D eigenvalue weighted by Gasteiger charge is 2.23. The summed E-state index contributed by atoms with van der Waals surface area (Å²) < 4.78 is 9.94. The average molecular weight is 421 g/mol. The Balaban J connectivity index is 1.93. The molecule has 29 heavy (non-hydrogen) atoms. The predicted molar refractivity (Wildman–Crippen MR) is 112 cm³/mol. The molecule has 0 spiro atoms. The Kier molecular flexibility index (Phi) is 7.74. The molecule has 2 aromatic rings. The summed E-state index contributed by atoms with van der Waals surface area (Å²) in [7, 11) is 4.61. The van der Waals surface area contributed by atoms with Gasteiger partial charge in [0, 0.05) is 16.6 Å². The lowest BCUT2D eigenvalue weighted by Gasteiger charge is -2.14. The number of hydrogen-bond donors (Lipinski definition) is 3. The van der Waals surface area contributed by atoms with Crippen LogP contribution in [0.2, 0.25) is 0 Å². The van der Waals surface area contributed by atoms with Crippen molar-refractivity contribution in [1.29, 1.82) is 0 Å². The molecule has 0 aliphatic carbocycles. The summed E-state index contributed by atoms with van der Waals surface area (Å²) in [5, 5.41) is 6.01. The summed E-state index contributed by atoms with van der Waals surface area (Å²) in [6.07, 6.45) is 0. The zero-order valence-corrected chi connectivity index (χ0v) is 18.0. The van der Waals surface area contributed by atoms with Gasteiger partial charge in [0.15, 0.2) is 13.1 Å². The minimum Gasteiger partial charge on any atom is -0.497 e. The molecule has 1 aromatic carbocycles. The van der Waals surface area contributed by atoms with Crippen LogP contribution < -0.4 is 20.3 Å². The predicted octanol–water partition coefficient (Wildman–Crippen LogP) is 1.25. The molecule has 2 rings (SSSR count). The maximum Gasteiger partial charge on any atom is 0.341 e. The number of aryl methyl sites for hydroxylation is 1. The van der Waals surface area contributed by atoms with Crippen molar-refractivity contribution in [2.45, 2.75) is 13.8 Å². The van der Waals surface area contributed by atoms with E-state index in [1.165, 1.54) is 18.4 Å². The van der Waals surface area contributed by atoms with Crippen LogP contribution in [0.5, 0.6) is 5.75 Å². The van der Waals surface area contributed by atoms with E-state index >= 15 is 0 Å². The van der Waals surface area contributed by atoms with Gasteiger partial charge >= 0.3 is 5.97 Å². The Hall–Kier alpha value is -2.91. The van der Waals surface area contributed by atoms with Gasteiger partial charge in [-0.15, -0.1) is 11.3 Å². The van der Waals surface area contributed by atoms with Gasteiger partial charge in [0.25, 0.3) is 11.8 Å². The second-order valence-electron chi connectivity index (χ2n) is 6.62. The summed E-state index contributed by atoms with van der Waals surface area (Å²) in [5.74, 6) is -0.351. The molecule has 3 N–H and O–H groups in total. The number of quaternary nitrogens is 1. The second kappa shape index (κ2) is 10.0. The number of carbonyl (C=O) groups is 3. The molecule has 0 radical (unpaired) electrons. The van der Waals surface area contributed by atoms with Crippen LogP contribution in [0.4, 0.5) is 10.7 Å². The fourth-order valence-electron chi connectivity index (χ4n) is 2.75. The van der Waals surface area contributed by atoms with Gasteiger partial charge < -0.3 is 25.0 Å². The molecular weight excluding hydrogens is 394 g/mol. The number of benzene rings is 1. The zero-order chi connectivity index (χ0) is 21.6. The van der Waals surface area contributed by atoms with Gasteiger partial charge in [-0.2, -0.15) is 0 Å². The molecule has 1 aromatic heterocycles. The monoisotopic (exact) mass is 420 g/mol. The second-order valence-corrected chi connectivity index (χ2v) is 7.84. The van der Waals surface area contributed by atoms with Gasteiger partial charge in [0.2, 0.25) is 0 Å². The van der Waals surface area contributed by atoms with Crippen LogP contribution in [-0.4, -0.2) is 52.1 Å². The molecule has 2 amide bonds. The number of esters is 1. The molecular formula is C20H26N3O5S+. The van der Waals surface area contributed by atoms with Crippen LogP contribution in [0.1, 0.15) is 20.8 Å². The highest BCUT2D eigenvalue weighted by Crippen LogP contribution is 2.32. The molecule has 1 unspecified atom stereocenters. The van der Waals surface area contributed by atoms with Crippen molar-refractivity contribution >= 4 is 39.8 Å². The van der Waals surface area contributed by atoms with E-state index in [0.29, 0.717) is 26.9 Å². The molecule has 0 aliphatic heterocycles. The van der Waals surface area contributed by atoms with Gasteiger partial charge in [-0.1, -0.05) is 6.07 Å². The van der Waals surface area contributed by atoms with Gasteiger partial charge in [-0.25, -0.2) is 4.79 Å². The molecule has 0 fully saturated rings. The number of anilines is 2. The Morgan fingerprint density at radius 2 is 1.72 bits per heavy atom. The summed E-state index contributed by atoms with van der Waals surface area (Å²) >= 11 is 1.33. The first-order valence-electron chi connectivity index (χ1n) is 8.98. The molecule has 0 bridgehead atoms. The van der Waals surface area contributed by atoms with Gasteiger partial charge in [0.1, 0.15) is 10.8 Å². The fourth-order valence-corrected chi connectivity index (χ4v) is 3.82. The van der Waals surface area contributed by atoms with E-state index in [4.69, 9.17) is 9.47 Å². The number of rotatable bonds is 8. The normalized spacial score (nSPS) is 11.5. The molecule has 0 saturated carbocycles. The van der Waals surface area contributed by atoms with E-state index in [2.05, 4.69) is 10.6 Å². The maximum atomic E-state index is 12.4. The van der Waals surface area contributed by atoms with Gasteiger partial charge in [0.05, 0.1) is 26.8 Å². The fraction of sp³-hybridized carbons (Fsp3) is 0.350. The number of nitrogens with one attached hydrogen (secondary N) is 3. The van der Waals surface area contributed by atoms with Crippen LogP contribution in [0.15, 0.2) is 24.3 Å². The van der Waals surface area contributed by atoms with Crippen molar-refractivity contribution in [3.05, 3.63) is 40.3 Å². The molecule has 0 saturated heterocycles. The molecule has 1 heterocycles. The minimum atomic E-state index is -0.486. The third-order valence-electron chi connectivity index (χ3n) is 4.31. The van der Waals surface area contributed by atoms with Crippen LogP contribution in [-0.2, 0) is 14.3 Å². The number of ether oxygens (including phenoxy) is 2. The van der Waals surface area contributed by atoms with Crippen molar-refractivity contribution in [1.82, 2.24) is 0 Å². The number of thiophene rings is 1. The topological polar surface area (TPSA) is 98.2 Å². The SMILES string of the molecule is COC(=O)c1c(NC(=O)C[NH+](C)CC(=O)Nc2cccc(OC)c2)sc(C)c1C. The van der Waals surface area contributed by atoms with E-state index in [1.54, 1.807) is 38.4 Å². The number of methoxy groups -OCH3 is 2. The Bertz CT molecular complexity index is 910. The number of hydrogen-bond acceptors (Lipinski definition) is 6. The third kappa shape index (κ3) is 6.03. The summed E-state index contributed by atoms with van der Waals surface area (Å²) in [6, 6.07) is 7.05. The quantitative estimate of drug-likeness (QED) is 0.559. The largest absolute Gasteiger partial charge is 0.497 e. The summed E-state index contributed by atoms with van der Waals surface area (Å²) in [4.78, 5) is 38.3. The Labute approximate surface area is 173 Å². The molecule has 8 nitrogen and oxygen atoms in total. The molecule has 0 aliphatic rings. The standard InChI is InChI=1S/C20H25N3O5S/c1-12-13(2)29-19(18(12)20(26)28-5)22-17(25)11-23(3)10-16(24)21-14-7-6-8-15(9-14)27-4/h6-9H,10-11H2,1-5H3,(H,21,24)(H,22,25)/p+1. The van der Waals surface area contributed by atoms with E-state index in [0.717, 1.165) is 10.4 Å². The number of carbonyl (C=O) groups excluding carboxylic acids is 3. The number of amides is 2. The number of likely N-dealkylation sites (N-methyl/N-ethyl adjacent to an activating group) is 1. The first kappa shape index (κ1) is 22.4. The summed E-state index contributed by atoms with van der Waals surface area (Å²) in [5.41, 5.74) is 1.78. The molecule has 1 atom stereocenters. The summed E-state index contributed by atoms with van der Waals surface area (Å²) in [6.45, 7) is 3.87. The minimum absolute atomic E-state index is 0.0716. The molecule has 9 heteroatoms. The van der Waals surface area contributed by atoms with Crippen molar-refractivity contribution in [2.24, 2.45) is 0 Å². The lowest BCUT2D eigenvalue weighted by molar-refractivity contribution is -0.862. The first-order chi connectivity index (χ1) is 13.7. The highest BCUT2D eigenvalue weighted by molar-refractivity contribution is 7.16. The molecule has 156 valence electrons. The van der Waals surface area contributed by atoms with Crippen LogP contribution in [0, 0.1) is 13.8 Å². The van der Waals surface area contributed by atoms with Gasteiger partial charge in [-0.3, -0.25) is 9.59 Å². The van der Waals surface area contributed by atoms with Crippen molar-refractivity contribution in [3.8, 4) is 5.75 Å². The van der Waals surface area contributed by atoms with Crippen LogP contribution in [0.3, 0.4) is 0 Å². The van der Waals surface area contributed by atoms with Crippen LogP contribution >= 0.6 is 11.3 Å². The highest BCUT2D eigenvalue weighted by atomic mass is 32.1. The van der Waals surface area contributed by atoms with Crippen LogP contribution in [0.25, 0.3) is 0 Å². The van der Waals surface area contributed by atoms with E-state index in [1.807, 2.05) is 13.8 Å². The Morgan fingerprint density at radius 3 is 2.34 bits per heavy atom. The smallest absolute Gasteiger partial charge is 0.341 e. The average Bonchev–Trinajstić information content (AvgIpc) is 2.94. The lowest BCUT2D eigenvalue weighted by atomic mass is 10.1. The third-order valence-corrected chi connectivity index (χ3v) is 5.43. The maximum absolute atomic E-state index is 12.4. The van der Waals surface area contributed by atoms with Crippen molar-refractivity contribution in [2.75, 3.05) is 45.0 Å². The van der Waals surface area contributed by atoms with E-state index < -0.39 is 5.97 Å². The van der Waals surface area contributed by atoms with Crippen molar-refractivity contribution < 1.29 is 28.8 Å².